The fourth-order valence-corrected chi connectivity index (χ4v) is 1.70. The maximum absolute atomic E-state index is 11.0. The predicted octanol–water partition coefficient (Wildman–Crippen LogP) is 0.923. The number of methoxy groups -OCH3 is 1. The molecule has 1 aliphatic rings. The minimum Gasteiger partial charge on any atom is -0.469 e. The number of ether oxygens (including phenoxy) is 1. The van der Waals surface area contributed by atoms with Crippen LogP contribution in [0.1, 0.15) is 26.2 Å². The van der Waals surface area contributed by atoms with Crippen LogP contribution in [-0.4, -0.2) is 19.1 Å². The second kappa shape index (κ2) is 3.90. The lowest BCUT2D eigenvalue weighted by molar-refractivity contribution is -0.150. The maximum atomic E-state index is 11.0. The number of hydrogen-bond donors (Lipinski definition) is 1. The minimum atomic E-state index is -0.0745. The molecule has 1 rings (SSSR count). The van der Waals surface area contributed by atoms with Crippen molar-refractivity contribution in [1.82, 2.24) is 0 Å². The van der Waals surface area contributed by atoms with Crippen molar-refractivity contribution < 1.29 is 9.53 Å². The van der Waals surface area contributed by atoms with Crippen LogP contribution in [0.15, 0.2) is 0 Å². The molecule has 1 unspecified atom stereocenters. The molecule has 0 aromatic carbocycles. The minimum absolute atomic E-state index is 0.0745. The third-order valence-electron chi connectivity index (χ3n) is 2.79. The number of rotatable bonds is 3. The lowest BCUT2D eigenvalue weighted by atomic mass is 9.71. The Balaban J connectivity index is 2.23. The average Bonchev–Trinajstić information content (AvgIpc) is 2.01. The highest BCUT2D eigenvalue weighted by molar-refractivity contribution is 5.73. The Hall–Kier alpha value is -0.570. The van der Waals surface area contributed by atoms with Gasteiger partial charge in [-0.3, -0.25) is 4.79 Å². The summed E-state index contributed by atoms with van der Waals surface area (Å²) in [4.78, 5) is 11.0. The lowest BCUT2D eigenvalue weighted by Gasteiger charge is -2.36. The summed E-state index contributed by atoms with van der Waals surface area (Å²) in [5, 5.41) is 0. The standard InChI is InChI=1S/C9H17NO2/c1-3-8(10)6-4-7(5-6)9(11)12-2/h6-8H,3-5,10H2,1-2H3. The molecule has 0 heterocycles. The van der Waals surface area contributed by atoms with Crippen molar-refractivity contribution in [2.75, 3.05) is 7.11 Å². The molecule has 0 amide bonds. The van der Waals surface area contributed by atoms with Crippen LogP contribution in [0.3, 0.4) is 0 Å². The van der Waals surface area contributed by atoms with Gasteiger partial charge in [-0.05, 0) is 25.2 Å². The van der Waals surface area contributed by atoms with Crippen molar-refractivity contribution in [2.24, 2.45) is 17.6 Å². The molecule has 0 radical (unpaired) electrons. The van der Waals surface area contributed by atoms with Crippen LogP contribution in [0.5, 0.6) is 0 Å². The van der Waals surface area contributed by atoms with E-state index in [0.717, 1.165) is 19.3 Å². The second-order valence-corrected chi connectivity index (χ2v) is 3.52. The van der Waals surface area contributed by atoms with Crippen LogP contribution in [-0.2, 0) is 9.53 Å². The van der Waals surface area contributed by atoms with Crippen molar-refractivity contribution in [3.63, 3.8) is 0 Å². The summed E-state index contributed by atoms with van der Waals surface area (Å²) in [6, 6.07) is 0.269. The summed E-state index contributed by atoms with van der Waals surface area (Å²) in [5.74, 6) is 0.589. The average molecular weight is 171 g/mol. The first-order valence-electron chi connectivity index (χ1n) is 4.52. The van der Waals surface area contributed by atoms with Gasteiger partial charge in [0.15, 0.2) is 0 Å². The van der Waals surface area contributed by atoms with Gasteiger partial charge in [0.1, 0.15) is 0 Å². The summed E-state index contributed by atoms with van der Waals surface area (Å²) >= 11 is 0. The molecule has 3 heteroatoms. The van der Waals surface area contributed by atoms with Gasteiger partial charge in [0.25, 0.3) is 0 Å². The Morgan fingerprint density at radius 3 is 2.67 bits per heavy atom. The van der Waals surface area contributed by atoms with E-state index in [1.807, 2.05) is 0 Å². The first-order chi connectivity index (χ1) is 5.69. The SMILES string of the molecule is CCC(N)C1CC(C(=O)OC)C1. The number of nitrogens with two attached hydrogens (primary N) is 1. The number of hydrogen-bond acceptors (Lipinski definition) is 3. The summed E-state index contributed by atoms with van der Waals surface area (Å²) in [6.45, 7) is 2.08. The highest BCUT2D eigenvalue weighted by atomic mass is 16.5. The zero-order valence-corrected chi connectivity index (χ0v) is 7.75. The molecule has 0 aromatic heterocycles. The van der Waals surface area contributed by atoms with Crippen LogP contribution in [0.4, 0.5) is 0 Å². The number of carbonyl (C=O) groups excluding carboxylic acids is 1. The van der Waals surface area contributed by atoms with E-state index < -0.39 is 0 Å². The molecule has 0 bridgehead atoms. The molecule has 3 nitrogen and oxygen atoms in total. The maximum Gasteiger partial charge on any atom is 0.308 e. The fraction of sp³-hybridized carbons (Fsp3) is 0.889. The van der Waals surface area contributed by atoms with Gasteiger partial charge in [-0.15, -0.1) is 0 Å². The van der Waals surface area contributed by atoms with Gasteiger partial charge in [0.2, 0.25) is 0 Å². The van der Waals surface area contributed by atoms with Crippen molar-refractivity contribution >= 4 is 5.97 Å². The van der Waals surface area contributed by atoms with Crippen LogP contribution in [0, 0.1) is 11.8 Å². The summed E-state index contributed by atoms with van der Waals surface area (Å²) in [6.07, 6.45) is 2.84. The predicted molar refractivity (Wildman–Crippen MR) is 46.5 cm³/mol. The molecule has 0 spiro atoms. The number of esters is 1. The zero-order chi connectivity index (χ0) is 9.14. The third kappa shape index (κ3) is 1.78. The van der Waals surface area contributed by atoms with E-state index in [-0.39, 0.29) is 17.9 Å². The highest BCUT2D eigenvalue weighted by Crippen LogP contribution is 2.36. The molecule has 1 atom stereocenters. The van der Waals surface area contributed by atoms with Gasteiger partial charge in [0, 0.05) is 6.04 Å². The van der Waals surface area contributed by atoms with Gasteiger partial charge in [-0.25, -0.2) is 0 Å². The molecular weight excluding hydrogens is 154 g/mol. The molecular formula is C9H17NO2. The van der Waals surface area contributed by atoms with Crippen LogP contribution < -0.4 is 5.73 Å². The normalized spacial score (nSPS) is 30.6. The first-order valence-corrected chi connectivity index (χ1v) is 4.52. The van der Waals surface area contributed by atoms with Crippen molar-refractivity contribution in [3.05, 3.63) is 0 Å². The Morgan fingerprint density at radius 1 is 1.67 bits per heavy atom. The largest absolute Gasteiger partial charge is 0.469 e. The second-order valence-electron chi connectivity index (χ2n) is 3.52. The van der Waals surface area contributed by atoms with Gasteiger partial charge in [-0.1, -0.05) is 6.92 Å². The molecule has 1 aliphatic carbocycles. The van der Waals surface area contributed by atoms with E-state index in [4.69, 9.17) is 5.73 Å². The molecule has 1 fully saturated rings. The molecule has 0 saturated heterocycles. The van der Waals surface area contributed by atoms with Gasteiger partial charge >= 0.3 is 5.97 Å². The highest BCUT2D eigenvalue weighted by Gasteiger charge is 2.37. The first kappa shape index (κ1) is 9.52. The van der Waals surface area contributed by atoms with E-state index in [1.54, 1.807) is 0 Å². The molecule has 1 saturated carbocycles. The smallest absolute Gasteiger partial charge is 0.308 e. The van der Waals surface area contributed by atoms with E-state index in [2.05, 4.69) is 11.7 Å². The summed E-state index contributed by atoms with van der Waals surface area (Å²) < 4.78 is 4.64. The van der Waals surface area contributed by atoms with Crippen molar-refractivity contribution in [3.8, 4) is 0 Å². The monoisotopic (exact) mass is 171 g/mol. The quantitative estimate of drug-likeness (QED) is 0.642. The van der Waals surface area contributed by atoms with Crippen LogP contribution in [0.2, 0.25) is 0 Å². The van der Waals surface area contributed by atoms with E-state index in [9.17, 15) is 4.79 Å². The Labute approximate surface area is 73.3 Å². The molecule has 12 heavy (non-hydrogen) atoms. The fourth-order valence-electron chi connectivity index (χ4n) is 1.70. The topological polar surface area (TPSA) is 52.3 Å². The van der Waals surface area contributed by atoms with Crippen LogP contribution in [0.25, 0.3) is 0 Å². The van der Waals surface area contributed by atoms with Crippen molar-refractivity contribution in [2.45, 2.75) is 32.2 Å². The molecule has 2 N–H and O–H groups in total. The third-order valence-corrected chi connectivity index (χ3v) is 2.79. The number of carbonyl (C=O) groups is 1. The van der Waals surface area contributed by atoms with Gasteiger partial charge < -0.3 is 10.5 Å². The Morgan fingerprint density at radius 2 is 2.25 bits per heavy atom. The van der Waals surface area contributed by atoms with Gasteiger partial charge in [-0.2, -0.15) is 0 Å². The van der Waals surface area contributed by atoms with Gasteiger partial charge in [0.05, 0.1) is 13.0 Å². The molecule has 0 aliphatic heterocycles. The Kier molecular flexibility index (Phi) is 3.09. The van der Waals surface area contributed by atoms with E-state index in [1.165, 1.54) is 7.11 Å². The van der Waals surface area contributed by atoms with Crippen molar-refractivity contribution in [1.29, 1.82) is 0 Å². The molecule has 0 aromatic rings. The lowest BCUT2D eigenvalue weighted by Crippen LogP contribution is -2.41. The Bertz CT molecular complexity index is 164. The summed E-state index contributed by atoms with van der Waals surface area (Å²) in [5.41, 5.74) is 5.83. The van der Waals surface area contributed by atoms with E-state index in [0.29, 0.717) is 5.92 Å². The van der Waals surface area contributed by atoms with E-state index >= 15 is 0 Å². The molecule has 70 valence electrons. The zero-order valence-electron chi connectivity index (χ0n) is 7.75. The summed E-state index contributed by atoms with van der Waals surface area (Å²) in [7, 11) is 1.44. The van der Waals surface area contributed by atoms with Crippen LogP contribution >= 0.6 is 0 Å².